The van der Waals surface area contributed by atoms with Crippen molar-refractivity contribution in [3.8, 4) is 17.4 Å². The molecule has 0 fully saturated rings. The van der Waals surface area contributed by atoms with E-state index in [4.69, 9.17) is 9.47 Å². The average Bonchev–Trinajstić information content (AvgIpc) is 2.62. The molecule has 0 saturated heterocycles. The predicted octanol–water partition coefficient (Wildman–Crippen LogP) is 3.89. The number of aromatic nitrogens is 2. The molecule has 1 N–H and O–H groups in total. The van der Waals surface area contributed by atoms with Crippen LogP contribution in [0.3, 0.4) is 0 Å². The van der Waals surface area contributed by atoms with Crippen molar-refractivity contribution in [2.45, 2.75) is 6.54 Å². The summed E-state index contributed by atoms with van der Waals surface area (Å²) in [5, 5.41) is 3.29. The number of benzene rings is 1. The predicted molar refractivity (Wildman–Crippen MR) is 88.9 cm³/mol. The molecule has 0 aliphatic heterocycles. The molecule has 2 heterocycles. The molecule has 2 aromatic heterocycles. The first-order chi connectivity index (χ1) is 11.3. The van der Waals surface area contributed by atoms with E-state index in [2.05, 4.69) is 15.3 Å². The van der Waals surface area contributed by atoms with Crippen LogP contribution in [0.5, 0.6) is 17.4 Å². The van der Waals surface area contributed by atoms with Gasteiger partial charge in [-0.1, -0.05) is 18.2 Å². The minimum absolute atomic E-state index is 0.515. The zero-order valence-corrected chi connectivity index (χ0v) is 12.8. The smallest absolute Gasteiger partial charge is 0.219 e. The number of hydrogen-bond acceptors (Lipinski definition) is 5. The maximum absolute atomic E-state index is 5.74. The normalized spacial score (nSPS) is 10.1. The van der Waals surface area contributed by atoms with Crippen molar-refractivity contribution in [1.82, 2.24) is 9.97 Å². The number of ether oxygens (including phenoxy) is 2. The molecule has 5 nitrogen and oxygen atoms in total. The molecule has 3 rings (SSSR count). The van der Waals surface area contributed by atoms with Crippen LogP contribution in [0.1, 0.15) is 5.56 Å². The van der Waals surface area contributed by atoms with Crippen molar-refractivity contribution in [2.75, 3.05) is 12.4 Å². The van der Waals surface area contributed by atoms with Gasteiger partial charge in [-0.15, -0.1) is 0 Å². The van der Waals surface area contributed by atoms with Gasteiger partial charge in [-0.05, 0) is 29.8 Å². The second-order valence-corrected chi connectivity index (χ2v) is 4.85. The van der Waals surface area contributed by atoms with Gasteiger partial charge in [0.25, 0.3) is 0 Å². The lowest BCUT2D eigenvalue weighted by molar-refractivity contribution is 0.374. The SMILES string of the molecule is COc1ccccc1Oc1ccc(NCc2cccnc2)cn1. The number of methoxy groups -OCH3 is 1. The van der Waals surface area contributed by atoms with Crippen LogP contribution in [0.15, 0.2) is 67.1 Å². The number of nitrogens with one attached hydrogen (secondary N) is 1. The summed E-state index contributed by atoms with van der Waals surface area (Å²) in [5.41, 5.74) is 2.03. The molecular formula is C18H17N3O2. The van der Waals surface area contributed by atoms with Crippen LogP contribution in [0.2, 0.25) is 0 Å². The fourth-order valence-corrected chi connectivity index (χ4v) is 2.07. The summed E-state index contributed by atoms with van der Waals surface area (Å²) in [7, 11) is 1.61. The highest BCUT2D eigenvalue weighted by atomic mass is 16.5. The van der Waals surface area contributed by atoms with Crippen LogP contribution in [0.25, 0.3) is 0 Å². The Bertz CT molecular complexity index is 746. The number of anilines is 1. The van der Waals surface area contributed by atoms with Crippen molar-refractivity contribution in [2.24, 2.45) is 0 Å². The van der Waals surface area contributed by atoms with Crippen LogP contribution < -0.4 is 14.8 Å². The topological polar surface area (TPSA) is 56.3 Å². The molecule has 0 radical (unpaired) electrons. The molecule has 116 valence electrons. The van der Waals surface area contributed by atoms with E-state index in [-0.39, 0.29) is 0 Å². The second kappa shape index (κ2) is 7.26. The Kier molecular flexibility index (Phi) is 4.69. The Morgan fingerprint density at radius 1 is 0.957 bits per heavy atom. The lowest BCUT2D eigenvalue weighted by Gasteiger charge is -2.10. The molecule has 1 aromatic carbocycles. The van der Waals surface area contributed by atoms with Crippen molar-refractivity contribution in [1.29, 1.82) is 0 Å². The fourth-order valence-electron chi connectivity index (χ4n) is 2.07. The molecule has 0 atom stereocenters. The lowest BCUT2D eigenvalue weighted by Crippen LogP contribution is -2.00. The minimum atomic E-state index is 0.515. The third kappa shape index (κ3) is 3.97. The molecule has 0 aliphatic rings. The van der Waals surface area contributed by atoms with Crippen LogP contribution in [-0.4, -0.2) is 17.1 Å². The van der Waals surface area contributed by atoms with E-state index in [1.807, 2.05) is 54.7 Å². The van der Waals surface area contributed by atoms with Crippen molar-refractivity contribution in [3.05, 3.63) is 72.7 Å². The van der Waals surface area contributed by atoms with Crippen LogP contribution in [0, 0.1) is 0 Å². The summed E-state index contributed by atoms with van der Waals surface area (Å²) < 4.78 is 11.0. The van der Waals surface area contributed by atoms with E-state index in [1.165, 1.54) is 0 Å². The molecule has 0 unspecified atom stereocenters. The van der Waals surface area contributed by atoms with E-state index in [0.29, 0.717) is 23.9 Å². The number of para-hydroxylation sites is 2. The van der Waals surface area contributed by atoms with E-state index in [9.17, 15) is 0 Å². The van der Waals surface area contributed by atoms with E-state index in [1.54, 1.807) is 19.5 Å². The van der Waals surface area contributed by atoms with Crippen LogP contribution >= 0.6 is 0 Å². The molecule has 5 heteroatoms. The van der Waals surface area contributed by atoms with Gasteiger partial charge in [0, 0.05) is 25.0 Å². The first kappa shape index (κ1) is 14.8. The van der Waals surface area contributed by atoms with Gasteiger partial charge in [-0.25, -0.2) is 4.98 Å². The zero-order chi connectivity index (χ0) is 15.9. The van der Waals surface area contributed by atoms with Gasteiger partial charge in [0.1, 0.15) is 0 Å². The number of hydrogen-bond donors (Lipinski definition) is 1. The Labute approximate surface area is 134 Å². The van der Waals surface area contributed by atoms with Crippen molar-refractivity contribution < 1.29 is 9.47 Å². The van der Waals surface area contributed by atoms with Gasteiger partial charge in [-0.2, -0.15) is 0 Å². The Morgan fingerprint density at radius 2 is 1.83 bits per heavy atom. The van der Waals surface area contributed by atoms with Crippen molar-refractivity contribution >= 4 is 5.69 Å². The first-order valence-electron chi connectivity index (χ1n) is 7.25. The maximum atomic E-state index is 5.74. The Balaban J connectivity index is 1.63. The minimum Gasteiger partial charge on any atom is -0.493 e. The fraction of sp³-hybridized carbons (Fsp3) is 0.111. The highest BCUT2D eigenvalue weighted by molar-refractivity contribution is 5.45. The molecule has 0 amide bonds. The third-order valence-electron chi connectivity index (χ3n) is 3.24. The van der Waals surface area contributed by atoms with Gasteiger partial charge < -0.3 is 14.8 Å². The number of nitrogens with zero attached hydrogens (tertiary/aromatic N) is 2. The standard InChI is InChI=1S/C18H17N3O2/c1-22-16-6-2-3-7-17(16)23-18-9-8-15(13-21-18)20-12-14-5-4-10-19-11-14/h2-11,13,20H,12H2,1H3. The molecule has 0 bridgehead atoms. The highest BCUT2D eigenvalue weighted by Crippen LogP contribution is 2.30. The summed E-state index contributed by atoms with van der Waals surface area (Å²) in [6.07, 6.45) is 5.33. The van der Waals surface area contributed by atoms with E-state index >= 15 is 0 Å². The molecule has 0 saturated carbocycles. The average molecular weight is 307 g/mol. The van der Waals surface area contributed by atoms with E-state index < -0.39 is 0 Å². The molecule has 3 aromatic rings. The summed E-state index contributed by atoms with van der Waals surface area (Å²) in [5.74, 6) is 1.83. The van der Waals surface area contributed by atoms with Crippen LogP contribution in [-0.2, 0) is 6.54 Å². The molecule has 0 spiro atoms. The van der Waals surface area contributed by atoms with Crippen LogP contribution in [0.4, 0.5) is 5.69 Å². The third-order valence-corrected chi connectivity index (χ3v) is 3.24. The zero-order valence-electron chi connectivity index (χ0n) is 12.8. The van der Waals surface area contributed by atoms with Gasteiger partial charge in [0.15, 0.2) is 11.5 Å². The molecule has 0 aliphatic carbocycles. The quantitative estimate of drug-likeness (QED) is 0.748. The number of rotatable bonds is 6. The van der Waals surface area contributed by atoms with Gasteiger partial charge in [0.05, 0.1) is 19.0 Å². The summed E-state index contributed by atoms with van der Waals surface area (Å²) in [6.45, 7) is 0.697. The summed E-state index contributed by atoms with van der Waals surface area (Å²) in [4.78, 5) is 8.39. The molecule has 23 heavy (non-hydrogen) atoms. The summed E-state index contributed by atoms with van der Waals surface area (Å²) >= 11 is 0. The highest BCUT2D eigenvalue weighted by Gasteiger charge is 2.05. The number of pyridine rings is 2. The van der Waals surface area contributed by atoms with Gasteiger partial charge in [-0.3, -0.25) is 4.98 Å². The van der Waals surface area contributed by atoms with Gasteiger partial charge in [0.2, 0.25) is 5.88 Å². The van der Waals surface area contributed by atoms with E-state index in [0.717, 1.165) is 11.3 Å². The lowest BCUT2D eigenvalue weighted by atomic mass is 10.3. The molecular weight excluding hydrogens is 290 g/mol. The monoisotopic (exact) mass is 307 g/mol. The maximum Gasteiger partial charge on any atom is 0.219 e. The summed E-state index contributed by atoms with van der Waals surface area (Å²) in [6, 6.07) is 15.2. The Hall–Kier alpha value is -3.08. The van der Waals surface area contributed by atoms with Gasteiger partial charge >= 0.3 is 0 Å². The second-order valence-electron chi connectivity index (χ2n) is 4.85. The Morgan fingerprint density at radius 3 is 2.52 bits per heavy atom. The first-order valence-corrected chi connectivity index (χ1v) is 7.25. The largest absolute Gasteiger partial charge is 0.493 e. The van der Waals surface area contributed by atoms with Crippen molar-refractivity contribution in [3.63, 3.8) is 0 Å².